The summed E-state index contributed by atoms with van der Waals surface area (Å²) in [6, 6.07) is 19.5. The summed E-state index contributed by atoms with van der Waals surface area (Å²) in [5, 5.41) is 2.22. The average Bonchev–Trinajstić information content (AvgIpc) is 4.02. The van der Waals surface area contributed by atoms with Gasteiger partial charge in [-0.15, -0.1) is 68.0 Å². The molecule has 0 atom stereocenters. The second kappa shape index (κ2) is 13.8. The van der Waals surface area contributed by atoms with Gasteiger partial charge in [0.2, 0.25) is 0 Å². The number of hydrogen-bond acceptors (Lipinski definition) is 12. The van der Waals surface area contributed by atoms with Gasteiger partial charge in [-0.3, -0.25) is 9.59 Å². The molecule has 0 aliphatic rings. The number of carbonyl (C=O) groups excluding carboxylic acids is 2. The zero-order valence-electron chi connectivity index (χ0n) is 29.0. The lowest BCUT2D eigenvalue weighted by atomic mass is 10.1. The van der Waals surface area contributed by atoms with E-state index < -0.39 is 23.1 Å². The van der Waals surface area contributed by atoms with Gasteiger partial charge in [0.1, 0.15) is 9.75 Å². The number of hydrogen-bond donors (Lipinski definition) is 0. The van der Waals surface area contributed by atoms with Crippen molar-refractivity contribution in [1.82, 2.24) is 4.57 Å². The third-order valence-corrected chi connectivity index (χ3v) is 16.8. The van der Waals surface area contributed by atoms with Crippen molar-refractivity contribution in [2.45, 2.75) is 27.7 Å². The first-order chi connectivity index (χ1) is 26.4. The molecule has 7 aromatic heterocycles. The number of ether oxygens (including phenoxy) is 2. The highest BCUT2D eigenvalue weighted by atomic mass is 35.5. The number of carbonyl (C=O) groups is 2. The van der Waals surface area contributed by atoms with Crippen molar-refractivity contribution >= 4 is 144 Å². The molecular formula is C40H23Cl2NO6S6. The summed E-state index contributed by atoms with van der Waals surface area (Å²) in [6.07, 6.45) is 0. The number of esters is 2. The zero-order chi connectivity index (χ0) is 38.4. The number of fused-ring (bicyclic) bond motifs is 5. The lowest BCUT2D eigenvalue weighted by molar-refractivity contribution is 0.0732. The van der Waals surface area contributed by atoms with Gasteiger partial charge in [0.15, 0.2) is 11.5 Å². The minimum Gasteiger partial charge on any atom is -0.420 e. The van der Waals surface area contributed by atoms with Crippen LogP contribution in [0.4, 0.5) is 0 Å². The summed E-state index contributed by atoms with van der Waals surface area (Å²) in [6.45, 7) is 7.58. The monoisotopic (exact) mass is 875 g/mol. The molecule has 274 valence electrons. The van der Waals surface area contributed by atoms with E-state index in [-0.39, 0.29) is 16.5 Å². The highest BCUT2D eigenvalue weighted by Gasteiger charge is 2.31. The standard InChI is InChI=1S/C40H23Cl2NO6S6/c1-16-10-12-23(50-16)39(46)48-30-26-28(41)19(4)53-35(26)31(49-40(47)24-13-11-17(2)51-24)27-29(42)34(55-36(27)30)25-15-22-33(54-25)32-21(14-18(3)52-32)37(44)43(38(22)45)20-8-6-5-7-9-20/h5-15H,1-4H3. The van der Waals surface area contributed by atoms with E-state index in [4.69, 9.17) is 32.7 Å². The van der Waals surface area contributed by atoms with Crippen molar-refractivity contribution in [3.63, 3.8) is 0 Å². The number of benzene rings is 2. The lowest BCUT2D eigenvalue weighted by Crippen LogP contribution is -2.28. The van der Waals surface area contributed by atoms with Gasteiger partial charge in [-0.2, -0.15) is 0 Å². The Morgan fingerprint density at radius 2 is 1.13 bits per heavy atom. The molecule has 15 heteroatoms. The first kappa shape index (κ1) is 36.5. The minimum absolute atomic E-state index is 0.200. The van der Waals surface area contributed by atoms with E-state index in [9.17, 15) is 19.2 Å². The molecule has 0 amide bonds. The van der Waals surface area contributed by atoms with E-state index in [1.165, 1.54) is 72.6 Å². The Balaban J connectivity index is 1.34. The second-order valence-electron chi connectivity index (χ2n) is 12.6. The van der Waals surface area contributed by atoms with Crippen LogP contribution in [0.3, 0.4) is 0 Å². The molecule has 9 rings (SSSR count). The van der Waals surface area contributed by atoms with Crippen LogP contribution in [0.2, 0.25) is 10.0 Å². The quantitative estimate of drug-likeness (QED) is 0.122. The van der Waals surface area contributed by atoms with E-state index in [1.807, 2.05) is 52.0 Å². The van der Waals surface area contributed by atoms with Crippen LogP contribution in [0, 0.1) is 27.7 Å². The van der Waals surface area contributed by atoms with Crippen LogP contribution in [0.15, 0.2) is 76.3 Å². The van der Waals surface area contributed by atoms with Gasteiger partial charge in [-0.05, 0) is 76.2 Å². The van der Waals surface area contributed by atoms with Crippen LogP contribution >= 0.6 is 91.2 Å². The number of thiophene rings is 6. The van der Waals surface area contributed by atoms with Crippen molar-refractivity contribution in [2.75, 3.05) is 0 Å². The predicted octanol–water partition coefficient (Wildman–Crippen LogP) is 12.8. The number of nitrogens with zero attached hydrogens (tertiary/aromatic N) is 1. The van der Waals surface area contributed by atoms with E-state index in [0.29, 0.717) is 70.6 Å². The molecule has 0 N–H and O–H groups in total. The zero-order valence-corrected chi connectivity index (χ0v) is 35.4. The highest BCUT2D eigenvalue weighted by molar-refractivity contribution is 7.32. The molecule has 0 saturated heterocycles. The van der Waals surface area contributed by atoms with Crippen LogP contribution in [-0.4, -0.2) is 16.5 Å². The Hall–Kier alpha value is -4.18. The number of rotatable bonds is 6. The van der Waals surface area contributed by atoms with Crippen LogP contribution in [0.5, 0.6) is 11.5 Å². The summed E-state index contributed by atoms with van der Waals surface area (Å²) >= 11 is 22.4. The summed E-state index contributed by atoms with van der Waals surface area (Å²) < 4.78 is 16.0. The average molecular weight is 877 g/mol. The van der Waals surface area contributed by atoms with Crippen molar-refractivity contribution in [2.24, 2.45) is 0 Å². The molecule has 9 aromatic rings. The first-order valence-corrected chi connectivity index (χ1v) is 22.2. The molecule has 0 spiro atoms. The number of para-hydroxylation sites is 1. The molecule has 0 aliphatic heterocycles. The summed E-state index contributed by atoms with van der Waals surface area (Å²) in [4.78, 5) is 61.3. The smallest absolute Gasteiger partial charge is 0.353 e. The Labute approximate surface area is 345 Å². The topological polar surface area (TPSA) is 91.7 Å². The van der Waals surface area contributed by atoms with Crippen LogP contribution in [0.25, 0.3) is 55.8 Å². The Morgan fingerprint density at radius 3 is 1.71 bits per heavy atom. The maximum Gasteiger partial charge on any atom is 0.353 e. The van der Waals surface area contributed by atoms with Crippen LogP contribution in [0.1, 0.15) is 38.9 Å². The first-order valence-electron chi connectivity index (χ1n) is 16.5. The SMILES string of the molecule is Cc1ccc(C(=O)Oc2c3sc(-c4cc5c(=O)n(-c6ccccc6)c(=O)c6cc(C)sc6c5s4)c(Cl)c3c(OC(=O)c3ccc(C)s3)c3sc(C)c(Cl)c23)s1. The van der Waals surface area contributed by atoms with Gasteiger partial charge in [0.05, 0.1) is 61.0 Å². The number of aromatic nitrogens is 1. The maximum absolute atomic E-state index is 14.4. The molecule has 0 bridgehead atoms. The molecule has 0 unspecified atom stereocenters. The summed E-state index contributed by atoms with van der Waals surface area (Å²) in [5.74, 6) is -0.728. The summed E-state index contributed by atoms with van der Waals surface area (Å²) in [7, 11) is 0. The van der Waals surface area contributed by atoms with E-state index in [0.717, 1.165) is 19.5 Å². The van der Waals surface area contributed by atoms with Gasteiger partial charge in [0, 0.05) is 24.4 Å². The molecule has 55 heavy (non-hydrogen) atoms. The second-order valence-corrected chi connectivity index (χ2v) is 20.5. The van der Waals surface area contributed by atoms with Crippen molar-refractivity contribution in [1.29, 1.82) is 0 Å². The molecule has 7 nitrogen and oxygen atoms in total. The normalized spacial score (nSPS) is 11.7. The molecule has 0 saturated carbocycles. The molecule has 0 radical (unpaired) electrons. The molecule has 2 aromatic carbocycles. The van der Waals surface area contributed by atoms with Gasteiger partial charge >= 0.3 is 11.9 Å². The van der Waals surface area contributed by atoms with E-state index in [1.54, 1.807) is 42.5 Å². The van der Waals surface area contributed by atoms with Crippen LogP contribution in [-0.2, 0) is 0 Å². The van der Waals surface area contributed by atoms with Crippen LogP contribution < -0.4 is 20.6 Å². The van der Waals surface area contributed by atoms with Gasteiger partial charge in [-0.25, -0.2) is 14.2 Å². The minimum atomic E-state index is -0.565. The van der Waals surface area contributed by atoms with E-state index >= 15 is 0 Å². The van der Waals surface area contributed by atoms with Gasteiger partial charge in [-0.1, -0.05) is 41.4 Å². The largest absolute Gasteiger partial charge is 0.420 e. The van der Waals surface area contributed by atoms with Crippen molar-refractivity contribution in [3.8, 4) is 26.9 Å². The maximum atomic E-state index is 14.4. The third kappa shape index (κ3) is 6.00. The fraction of sp³-hybridized carbons (Fsp3) is 0.100. The van der Waals surface area contributed by atoms with Gasteiger partial charge < -0.3 is 9.47 Å². The molecule has 7 heterocycles. The molecular weight excluding hydrogens is 854 g/mol. The highest BCUT2D eigenvalue weighted by Crippen LogP contribution is 2.58. The fourth-order valence-electron chi connectivity index (χ4n) is 6.43. The third-order valence-electron chi connectivity index (χ3n) is 8.90. The number of halogens is 2. The van der Waals surface area contributed by atoms with Crippen molar-refractivity contribution in [3.05, 3.63) is 127 Å². The van der Waals surface area contributed by atoms with Crippen molar-refractivity contribution < 1.29 is 19.1 Å². The molecule has 0 fully saturated rings. The lowest BCUT2D eigenvalue weighted by Gasteiger charge is -2.12. The fourth-order valence-corrected chi connectivity index (χ4v) is 13.4. The van der Waals surface area contributed by atoms with E-state index in [2.05, 4.69) is 0 Å². The predicted molar refractivity (Wildman–Crippen MR) is 233 cm³/mol. The number of aryl methyl sites for hydroxylation is 4. The van der Waals surface area contributed by atoms with Gasteiger partial charge in [0.25, 0.3) is 11.1 Å². The Bertz CT molecular complexity index is 3160. The molecule has 0 aliphatic carbocycles. The summed E-state index contributed by atoms with van der Waals surface area (Å²) in [5.41, 5.74) is -0.399. The Kier molecular flexibility index (Phi) is 9.14. The Morgan fingerprint density at radius 1 is 0.582 bits per heavy atom.